The second-order valence-electron chi connectivity index (χ2n) is 3.24. The largest absolute Gasteiger partial charge is 0.359 e. The summed E-state index contributed by atoms with van der Waals surface area (Å²) in [5, 5.41) is 0. The van der Waals surface area contributed by atoms with Gasteiger partial charge in [0.25, 0.3) is 0 Å². The summed E-state index contributed by atoms with van der Waals surface area (Å²) in [6, 6.07) is 0. The molecule has 0 aliphatic carbocycles. The molecule has 1 unspecified atom stereocenters. The molecular weight excluding hydrogens is 230 g/mol. The average Bonchev–Trinajstić information content (AvgIpc) is 2.34. The van der Waals surface area contributed by atoms with E-state index in [2.05, 4.69) is 0 Å². The van der Waals surface area contributed by atoms with Crippen LogP contribution in [0.1, 0.15) is 6.92 Å². The fourth-order valence-electron chi connectivity index (χ4n) is 0.995. The van der Waals surface area contributed by atoms with Gasteiger partial charge >= 0.3 is 0 Å². The topological polar surface area (TPSA) is 58.6 Å². The second kappa shape index (κ2) is 12.2. The van der Waals surface area contributed by atoms with E-state index < -0.39 is 0 Å². The van der Waals surface area contributed by atoms with Crippen molar-refractivity contribution in [1.82, 2.24) is 4.90 Å². The predicted molar refractivity (Wildman–Crippen MR) is 59.9 cm³/mol. The van der Waals surface area contributed by atoms with Crippen molar-refractivity contribution in [3.63, 3.8) is 0 Å². The van der Waals surface area contributed by atoms with Crippen LogP contribution in [0.2, 0.25) is 0 Å². The first-order valence-electron chi connectivity index (χ1n) is 5.24. The van der Waals surface area contributed by atoms with Crippen molar-refractivity contribution in [3.05, 3.63) is 0 Å². The number of rotatable bonds is 12. The molecule has 1 atom stereocenters. The van der Waals surface area contributed by atoms with E-state index >= 15 is 0 Å². The first-order chi connectivity index (χ1) is 8.26. The van der Waals surface area contributed by atoms with E-state index in [1.807, 2.05) is 11.8 Å². The number of ether oxygens (including phenoxy) is 6. The molecule has 0 spiro atoms. The van der Waals surface area contributed by atoms with Crippen molar-refractivity contribution in [2.75, 3.05) is 55.2 Å². The van der Waals surface area contributed by atoms with Gasteiger partial charge in [0.2, 0.25) is 0 Å². The van der Waals surface area contributed by atoms with E-state index in [1.165, 1.54) is 0 Å². The zero-order valence-corrected chi connectivity index (χ0v) is 11.0. The molecule has 0 N–H and O–H groups in total. The highest BCUT2D eigenvalue weighted by molar-refractivity contribution is 4.48. The van der Waals surface area contributed by atoms with Crippen LogP contribution in [0.4, 0.5) is 0 Å². The van der Waals surface area contributed by atoms with Gasteiger partial charge < -0.3 is 28.4 Å². The Kier molecular flexibility index (Phi) is 12.0. The Morgan fingerprint density at radius 2 is 1.29 bits per heavy atom. The molecule has 104 valence electrons. The molecule has 7 heteroatoms. The third-order valence-corrected chi connectivity index (χ3v) is 1.86. The Morgan fingerprint density at radius 3 is 1.71 bits per heavy atom. The first-order valence-corrected chi connectivity index (χ1v) is 5.24. The molecule has 0 aliphatic heterocycles. The van der Waals surface area contributed by atoms with Crippen LogP contribution in [-0.4, -0.2) is 66.3 Å². The van der Waals surface area contributed by atoms with E-state index in [9.17, 15) is 0 Å². The van der Waals surface area contributed by atoms with E-state index in [0.29, 0.717) is 13.5 Å². The Labute approximate surface area is 102 Å². The Morgan fingerprint density at radius 1 is 0.824 bits per heavy atom. The summed E-state index contributed by atoms with van der Waals surface area (Å²) in [6.07, 6.45) is -0.191. The number of hydrogen-bond acceptors (Lipinski definition) is 7. The van der Waals surface area contributed by atoms with Gasteiger partial charge in [-0.05, 0) is 6.92 Å². The van der Waals surface area contributed by atoms with Crippen molar-refractivity contribution in [2.24, 2.45) is 0 Å². The van der Waals surface area contributed by atoms with Crippen LogP contribution in [0, 0.1) is 0 Å². The summed E-state index contributed by atoms with van der Waals surface area (Å²) in [5.41, 5.74) is 0. The van der Waals surface area contributed by atoms with Crippen LogP contribution in [-0.2, 0) is 28.4 Å². The third-order valence-electron chi connectivity index (χ3n) is 1.86. The minimum absolute atomic E-state index is 0.191. The quantitative estimate of drug-likeness (QED) is 0.369. The van der Waals surface area contributed by atoms with Crippen molar-refractivity contribution in [1.29, 1.82) is 0 Å². The highest BCUT2D eigenvalue weighted by Gasteiger charge is 2.14. The van der Waals surface area contributed by atoms with Crippen LogP contribution >= 0.6 is 0 Å². The smallest absolute Gasteiger partial charge is 0.148 e. The van der Waals surface area contributed by atoms with Crippen molar-refractivity contribution >= 4 is 0 Å². The first kappa shape index (κ1) is 16.7. The molecule has 0 aromatic rings. The lowest BCUT2D eigenvalue weighted by molar-refractivity contribution is -0.197. The third kappa shape index (κ3) is 9.42. The van der Waals surface area contributed by atoms with Crippen LogP contribution in [0.3, 0.4) is 0 Å². The van der Waals surface area contributed by atoms with E-state index in [1.54, 1.807) is 21.3 Å². The maximum absolute atomic E-state index is 5.38. The predicted octanol–water partition coefficient (Wildman–Crippen LogP) is 0.411. The summed E-state index contributed by atoms with van der Waals surface area (Å²) in [5.74, 6) is 0. The molecule has 7 nitrogen and oxygen atoms in total. The molecule has 0 heterocycles. The molecule has 0 aromatic heterocycles. The zero-order valence-electron chi connectivity index (χ0n) is 11.0. The van der Waals surface area contributed by atoms with E-state index in [0.717, 1.165) is 0 Å². The molecular formula is C10H23NO6. The minimum atomic E-state index is -0.191. The maximum atomic E-state index is 5.38. The average molecular weight is 253 g/mol. The summed E-state index contributed by atoms with van der Waals surface area (Å²) in [4.78, 5) is 1.83. The zero-order chi connectivity index (χ0) is 12.9. The summed E-state index contributed by atoms with van der Waals surface area (Å²) in [7, 11) is 4.70. The molecule has 0 bridgehead atoms. The van der Waals surface area contributed by atoms with Gasteiger partial charge in [0, 0.05) is 21.3 Å². The molecule has 0 rings (SSSR count). The maximum Gasteiger partial charge on any atom is 0.148 e. The monoisotopic (exact) mass is 253 g/mol. The van der Waals surface area contributed by atoms with Gasteiger partial charge in [-0.1, -0.05) is 0 Å². The molecule has 0 aromatic carbocycles. The van der Waals surface area contributed by atoms with Gasteiger partial charge in [0.15, 0.2) is 0 Å². The lowest BCUT2D eigenvalue weighted by Crippen LogP contribution is -2.39. The molecule has 0 amide bonds. The van der Waals surface area contributed by atoms with Gasteiger partial charge in [-0.25, -0.2) is 4.90 Å². The van der Waals surface area contributed by atoms with E-state index in [-0.39, 0.29) is 26.6 Å². The summed E-state index contributed by atoms with van der Waals surface area (Å²) < 4.78 is 30.3. The highest BCUT2D eigenvalue weighted by Crippen LogP contribution is 2.02. The molecule has 0 saturated carbocycles. The molecule has 0 aliphatic rings. The SMILES string of the molecule is COCOCN(COCOC)C(C)OCOC. The Bertz CT molecular complexity index is 150. The number of hydrogen-bond donors (Lipinski definition) is 0. The van der Waals surface area contributed by atoms with Crippen molar-refractivity contribution in [3.8, 4) is 0 Å². The Balaban J connectivity index is 3.89. The van der Waals surface area contributed by atoms with Gasteiger partial charge in [0.05, 0.1) is 0 Å². The molecule has 0 saturated heterocycles. The molecule has 17 heavy (non-hydrogen) atoms. The van der Waals surface area contributed by atoms with Gasteiger partial charge in [-0.2, -0.15) is 0 Å². The molecule has 0 fully saturated rings. The van der Waals surface area contributed by atoms with Crippen LogP contribution in [0.5, 0.6) is 0 Å². The number of methoxy groups -OCH3 is 3. The van der Waals surface area contributed by atoms with Gasteiger partial charge in [-0.3, -0.25) is 0 Å². The second-order valence-corrected chi connectivity index (χ2v) is 3.24. The minimum Gasteiger partial charge on any atom is -0.359 e. The van der Waals surface area contributed by atoms with Crippen LogP contribution in [0.15, 0.2) is 0 Å². The highest BCUT2D eigenvalue weighted by atomic mass is 16.7. The lowest BCUT2D eigenvalue weighted by atomic mass is 10.6. The number of nitrogens with zero attached hydrogens (tertiary/aromatic N) is 1. The van der Waals surface area contributed by atoms with Crippen LogP contribution in [0.25, 0.3) is 0 Å². The fourth-order valence-corrected chi connectivity index (χ4v) is 0.995. The van der Waals surface area contributed by atoms with Gasteiger partial charge in [0.1, 0.15) is 40.1 Å². The van der Waals surface area contributed by atoms with Gasteiger partial charge in [-0.15, -0.1) is 0 Å². The lowest BCUT2D eigenvalue weighted by Gasteiger charge is -2.27. The Hall–Kier alpha value is -0.280. The standard InChI is InChI=1S/C10H23NO6/c1-10(17-9-14-4)11(5-15-7-12-2)6-16-8-13-3/h10H,5-9H2,1-4H3. The van der Waals surface area contributed by atoms with Crippen molar-refractivity contribution < 1.29 is 28.4 Å². The summed E-state index contributed by atoms with van der Waals surface area (Å²) in [6.45, 7) is 3.21. The fraction of sp³-hybridized carbons (Fsp3) is 1.00. The van der Waals surface area contributed by atoms with Crippen LogP contribution < -0.4 is 0 Å². The normalized spacial score (nSPS) is 13.2. The van der Waals surface area contributed by atoms with E-state index in [4.69, 9.17) is 28.4 Å². The molecule has 0 radical (unpaired) electrons. The van der Waals surface area contributed by atoms with Crippen molar-refractivity contribution in [2.45, 2.75) is 13.2 Å². The summed E-state index contributed by atoms with van der Waals surface area (Å²) >= 11 is 0.